The number of amides is 1. The minimum Gasteiger partial charge on any atom is -0.459 e. The molecule has 1 fully saturated rings. The van der Waals surface area contributed by atoms with Crippen LogP contribution in [0.3, 0.4) is 0 Å². The SMILES string of the molecule is Cc1cc(-c2ccc(C(=O)N3CCC(F)(F)CC3)cc2)cc2cc(CN)oc12. The zero-order chi connectivity index (χ0) is 19.9. The Labute approximate surface area is 161 Å². The second-order valence-corrected chi connectivity index (χ2v) is 7.35. The van der Waals surface area contributed by atoms with Gasteiger partial charge >= 0.3 is 0 Å². The van der Waals surface area contributed by atoms with E-state index in [1.807, 2.05) is 37.3 Å². The number of nitrogens with two attached hydrogens (primary N) is 1. The number of rotatable bonds is 3. The molecule has 0 unspecified atom stereocenters. The highest BCUT2D eigenvalue weighted by molar-refractivity contribution is 5.95. The number of furan rings is 1. The first-order valence-corrected chi connectivity index (χ1v) is 9.37. The fourth-order valence-corrected chi connectivity index (χ4v) is 3.67. The third-order valence-corrected chi connectivity index (χ3v) is 5.30. The summed E-state index contributed by atoms with van der Waals surface area (Å²) in [6.07, 6.45) is -0.544. The van der Waals surface area contributed by atoms with Crippen molar-refractivity contribution in [3.05, 3.63) is 59.4 Å². The molecule has 0 atom stereocenters. The molecule has 4 nitrogen and oxygen atoms in total. The van der Waals surface area contributed by atoms with Gasteiger partial charge in [-0.1, -0.05) is 12.1 Å². The number of piperidine rings is 1. The molecule has 1 aromatic heterocycles. The van der Waals surface area contributed by atoms with Crippen LogP contribution in [0.5, 0.6) is 0 Å². The highest BCUT2D eigenvalue weighted by atomic mass is 19.3. The van der Waals surface area contributed by atoms with Crippen LogP contribution in [0.1, 0.15) is 34.5 Å². The first kappa shape index (κ1) is 18.6. The van der Waals surface area contributed by atoms with Gasteiger partial charge in [0.1, 0.15) is 11.3 Å². The standard InChI is InChI=1S/C22H22F2N2O2/c1-14-10-17(11-18-12-19(13-25)28-20(14)18)15-2-4-16(5-3-15)21(27)26-8-6-22(23,24)7-9-26/h2-5,10-12H,6-9,13,25H2,1H3. The molecule has 1 amide bonds. The summed E-state index contributed by atoms with van der Waals surface area (Å²) < 4.78 is 32.3. The van der Waals surface area contributed by atoms with Crippen molar-refractivity contribution in [2.75, 3.05) is 13.1 Å². The Morgan fingerprint density at radius 1 is 1.11 bits per heavy atom. The lowest BCUT2D eigenvalue weighted by Crippen LogP contribution is -2.42. The van der Waals surface area contributed by atoms with E-state index in [1.54, 1.807) is 12.1 Å². The molecular formula is C22H22F2N2O2. The van der Waals surface area contributed by atoms with Crippen molar-refractivity contribution in [3.63, 3.8) is 0 Å². The number of halogens is 2. The van der Waals surface area contributed by atoms with E-state index in [1.165, 1.54) is 4.90 Å². The van der Waals surface area contributed by atoms with Gasteiger partial charge in [-0.2, -0.15) is 0 Å². The molecule has 2 heterocycles. The molecular weight excluding hydrogens is 362 g/mol. The van der Waals surface area contributed by atoms with Gasteiger partial charge in [0.2, 0.25) is 0 Å². The lowest BCUT2D eigenvalue weighted by atomic mass is 9.99. The average molecular weight is 384 g/mol. The van der Waals surface area contributed by atoms with Crippen LogP contribution < -0.4 is 5.73 Å². The van der Waals surface area contributed by atoms with Gasteiger partial charge in [-0.3, -0.25) is 4.79 Å². The summed E-state index contributed by atoms with van der Waals surface area (Å²) in [5.41, 5.74) is 10.0. The first-order valence-electron chi connectivity index (χ1n) is 9.37. The molecule has 146 valence electrons. The summed E-state index contributed by atoms with van der Waals surface area (Å²) in [5.74, 6) is -2.12. The number of benzene rings is 2. The highest BCUT2D eigenvalue weighted by Gasteiger charge is 2.35. The van der Waals surface area contributed by atoms with E-state index in [-0.39, 0.29) is 31.8 Å². The number of hydrogen-bond donors (Lipinski definition) is 1. The number of likely N-dealkylation sites (tertiary alicyclic amines) is 1. The zero-order valence-corrected chi connectivity index (χ0v) is 15.7. The van der Waals surface area contributed by atoms with Crippen molar-refractivity contribution < 1.29 is 18.0 Å². The number of hydrogen-bond acceptors (Lipinski definition) is 3. The van der Waals surface area contributed by atoms with Crippen LogP contribution >= 0.6 is 0 Å². The Morgan fingerprint density at radius 3 is 2.43 bits per heavy atom. The number of fused-ring (bicyclic) bond motifs is 1. The number of carbonyl (C=O) groups excluding carboxylic acids is 1. The second kappa shape index (κ2) is 7.02. The Kier molecular flexibility index (Phi) is 4.67. The maximum absolute atomic E-state index is 13.3. The molecule has 0 radical (unpaired) electrons. The molecule has 4 rings (SSSR count). The maximum Gasteiger partial charge on any atom is 0.253 e. The number of aryl methyl sites for hydroxylation is 1. The normalized spacial score (nSPS) is 16.5. The third kappa shape index (κ3) is 3.52. The summed E-state index contributed by atoms with van der Waals surface area (Å²) in [7, 11) is 0. The van der Waals surface area contributed by atoms with Gasteiger partial charge in [0, 0.05) is 36.9 Å². The Morgan fingerprint density at radius 2 is 1.79 bits per heavy atom. The van der Waals surface area contributed by atoms with Crippen molar-refractivity contribution in [3.8, 4) is 11.1 Å². The largest absolute Gasteiger partial charge is 0.459 e. The van der Waals surface area contributed by atoms with Gasteiger partial charge in [0.15, 0.2) is 0 Å². The number of nitrogens with zero attached hydrogens (tertiary/aromatic N) is 1. The van der Waals surface area contributed by atoms with Gasteiger partial charge in [0.25, 0.3) is 11.8 Å². The molecule has 1 aliphatic rings. The zero-order valence-electron chi connectivity index (χ0n) is 15.7. The van der Waals surface area contributed by atoms with Crippen LogP contribution in [-0.4, -0.2) is 29.8 Å². The molecule has 28 heavy (non-hydrogen) atoms. The average Bonchev–Trinajstić information content (AvgIpc) is 3.11. The molecule has 0 saturated carbocycles. The van der Waals surface area contributed by atoms with Gasteiger partial charge < -0.3 is 15.1 Å². The topological polar surface area (TPSA) is 59.5 Å². The summed E-state index contributed by atoms with van der Waals surface area (Å²) in [5, 5.41) is 0.991. The molecule has 6 heteroatoms. The quantitative estimate of drug-likeness (QED) is 0.710. The minimum absolute atomic E-state index is 0.0907. The summed E-state index contributed by atoms with van der Waals surface area (Å²) in [6, 6.07) is 13.3. The van der Waals surface area contributed by atoms with Crippen LogP contribution in [0.2, 0.25) is 0 Å². The van der Waals surface area contributed by atoms with Crippen molar-refractivity contribution in [2.24, 2.45) is 5.73 Å². The fourth-order valence-electron chi connectivity index (χ4n) is 3.67. The molecule has 3 aromatic rings. The van der Waals surface area contributed by atoms with Crippen LogP contribution in [0.4, 0.5) is 8.78 Å². The molecule has 2 aromatic carbocycles. The summed E-state index contributed by atoms with van der Waals surface area (Å²) in [6.45, 7) is 2.52. The first-order chi connectivity index (χ1) is 13.4. The molecule has 1 saturated heterocycles. The predicted octanol–water partition coefficient (Wildman–Crippen LogP) is 4.74. The Bertz CT molecular complexity index is 1010. The van der Waals surface area contributed by atoms with E-state index < -0.39 is 5.92 Å². The van der Waals surface area contributed by atoms with E-state index in [9.17, 15) is 13.6 Å². The molecule has 0 aliphatic carbocycles. The van der Waals surface area contributed by atoms with E-state index in [0.717, 1.165) is 33.4 Å². The molecule has 2 N–H and O–H groups in total. The van der Waals surface area contributed by atoms with E-state index in [0.29, 0.717) is 12.1 Å². The second-order valence-electron chi connectivity index (χ2n) is 7.35. The molecule has 1 aliphatic heterocycles. The smallest absolute Gasteiger partial charge is 0.253 e. The Balaban J connectivity index is 1.56. The monoisotopic (exact) mass is 384 g/mol. The van der Waals surface area contributed by atoms with E-state index in [4.69, 9.17) is 10.2 Å². The molecule has 0 spiro atoms. The molecule has 0 bridgehead atoms. The number of alkyl halides is 2. The van der Waals surface area contributed by atoms with Crippen molar-refractivity contribution in [1.82, 2.24) is 4.90 Å². The van der Waals surface area contributed by atoms with Crippen LogP contribution in [0.15, 0.2) is 46.9 Å². The maximum atomic E-state index is 13.3. The van der Waals surface area contributed by atoms with E-state index in [2.05, 4.69) is 0 Å². The predicted molar refractivity (Wildman–Crippen MR) is 104 cm³/mol. The van der Waals surface area contributed by atoms with Gasteiger partial charge in [0.05, 0.1) is 6.54 Å². The van der Waals surface area contributed by atoms with E-state index >= 15 is 0 Å². The van der Waals surface area contributed by atoms with Gasteiger partial charge in [-0.25, -0.2) is 8.78 Å². The van der Waals surface area contributed by atoms with Gasteiger partial charge in [-0.05, 0) is 53.9 Å². The third-order valence-electron chi connectivity index (χ3n) is 5.30. The lowest BCUT2D eigenvalue weighted by Gasteiger charge is -2.31. The van der Waals surface area contributed by atoms with Crippen LogP contribution in [0.25, 0.3) is 22.1 Å². The number of carbonyl (C=O) groups is 1. The lowest BCUT2D eigenvalue weighted by molar-refractivity contribution is -0.0494. The van der Waals surface area contributed by atoms with Gasteiger partial charge in [-0.15, -0.1) is 0 Å². The van der Waals surface area contributed by atoms with Crippen LogP contribution in [0, 0.1) is 6.92 Å². The highest BCUT2D eigenvalue weighted by Crippen LogP contribution is 2.31. The van der Waals surface area contributed by atoms with Crippen molar-refractivity contribution in [1.29, 1.82) is 0 Å². The fraction of sp³-hybridized carbons (Fsp3) is 0.318. The van der Waals surface area contributed by atoms with Crippen molar-refractivity contribution >= 4 is 16.9 Å². The summed E-state index contributed by atoms with van der Waals surface area (Å²) >= 11 is 0. The summed E-state index contributed by atoms with van der Waals surface area (Å²) in [4.78, 5) is 14.1. The Hall–Kier alpha value is -2.73. The minimum atomic E-state index is -2.66. The van der Waals surface area contributed by atoms with Crippen molar-refractivity contribution in [2.45, 2.75) is 32.2 Å². The van der Waals surface area contributed by atoms with Crippen LogP contribution in [-0.2, 0) is 6.54 Å².